The number of methoxy groups -OCH3 is 1. The molecular formula is C23H28FN3O4. The van der Waals surface area contributed by atoms with Crippen molar-refractivity contribution in [2.75, 3.05) is 31.7 Å². The van der Waals surface area contributed by atoms with E-state index in [1.807, 2.05) is 0 Å². The molecule has 1 saturated carbocycles. The molecular weight excluding hydrogens is 401 g/mol. The van der Waals surface area contributed by atoms with Crippen molar-refractivity contribution in [2.45, 2.75) is 32.6 Å². The quantitative estimate of drug-likeness (QED) is 0.466. The van der Waals surface area contributed by atoms with Gasteiger partial charge >= 0.3 is 5.97 Å². The molecule has 0 N–H and O–H groups in total. The number of halogens is 1. The highest BCUT2D eigenvalue weighted by molar-refractivity contribution is 5.69. The third kappa shape index (κ3) is 5.42. The SMILES string of the molecule is COc1cnc(N2CCC([C@H]3C[C@H]3CCOc3ccc(OC(C)=O)c(F)c3)CC2)nc1. The van der Waals surface area contributed by atoms with Crippen LogP contribution in [0.25, 0.3) is 0 Å². The van der Waals surface area contributed by atoms with Crippen molar-refractivity contribution < 1.29 is 23.4 Å². The fraction of sp³-hybridized carbons (Fsp3) is 0.522. The standard InChI is InChI=1S/C23H28FN3O4/c1-15(28)31-22-4-3-18(12-21(22)24)30-10-7-17-11-20(17)16-5-8-27(9-6-16)23-25-13-19(29-2)14-26-23/h3-4,12-14,16-17,20H,5-11H2,1-2H3/t17-,20-/m1/s1. The molecule has 2 heterocycles. The van der Waals surface area contributed by atoms with Crippen LogP contribution >= 0.6 is 0 Å². The van der Waals surface area contributed by atoms with Gasteiger partial charge in [0.2, 0.25) is 5.95 Å². The van der Waals surface area contributed by atoms with Gasteiger partial charge in [-0.2, -0.15) is 0 Å². The summed E-state index contributed by atoms with van der Waals surface area (Å²) in [5.41, 5.74) is 0. The molecule has 0 bridgehead atoms. The van der Waals surface area contributed by atoms with E-state index in [0.717, 1.165) is 50.1 Å². The van der Waals surface area contributed by atoms with Crippen LogP contribution in [0.1, 0.15) is 32.6 Å². The van der Waals surface area contributed by atoms with Gasteiger partial charge in [-0.25, -0.2) is 14.4 Å². The lowest BCUT2D eigenvalue weighted by atomic mass is 9.90. The highest BCUT2D eigenvalue weighted by Gasteiger charge is 2.43. The number of anilines is 1. The Morgan fingerprint density at radius 3 is 2.58 bits per heavy atom. The van der Waals surface area contributed by atoms with E-state index in [1.165, 1.54) is 25.5 Å². The van der Waals surface area contributed by atoms with Gasteiger partial charge < -0.3 is 19.1 Å². The van der Waals surface area contributed by atoms with Crippen molar-refractivity contribution in [1.82, 2.24) is 9.97 Å². The van der Waals surface area contributed by atoms with Gasteiger partial charge in [-0.15, -0.1) is 0 Å². The number of piperidine rings is 1. The van der Waals surface area contributed by atoms with E-state index >= 15 is 0 Å². The van der Waals surface area contributed by atoms with E-state index in [9.17, 15) is 9.18 Å². The fourth-order valence-corrected chi connectivity index (χ4v) is 4.42. The minimum absolute atomic E-state index is 0.0755. The first kappa shape index (κ1) is 21.3. The molecule has 1 aliphatic carbocycles. The molecule has 166 valence electrons. The highest BCUT2D eigenvalue weighted by atomic mass is 19.1. The number of hydrogen-bond donors (Lipinski definition) is 0. The van der Waals surface area contributed by atoms with Crippen molar-refractivity contribution >= 4 is 11.9 Å². The first-order chi connectivity index (χ1) is 15.0. The predicted molar refractivity (Wildman–Crippen MR) is 113 cm³/mol. The van der Waals surface area contributed by atoms with Crippen LogP contribution in [0, 0.1) is 23.6 Å². The summed E-state index contributed by atoms with van der Waals surface area (Å²) in [6.07, 6.45) is 7.94. The van der Waals surface area contributed by atoms with Crippen LogP contribution in [0.15, 0.2) is 30.6 Å². The van der Waals surface area contributed by atoms with Gasteiger partial charge in [-0.1, -0.05) is 0 Å². The van der Waals surface area contributed by atoms with Gasteiger partial charge in [0.15, 0.2) is 17.3 Å². The Labute approximate surface area is 181 Å². The van der Waals surface area contributed by atoms with E-state index in [1.54, 1.807) is 25.6 Å². The molecule has 1 aromatic heterocycles. The monoisotopic (exact) mass is 429 g/mol. The first-order valence-electron chi connectivity index (χ1n) is 10.7. The molecule has 2 atom stereocenters. The summed E-state index contributed by atoms with van der Waals surface area (Å²) in [5.74, 6) is 2.85. The topological polar surface area (TPSA) is 73.8 Å². The Morgan fingerprint density at radius 1 is 1.19 bits per heavy atom. The Hall–Kier alpha value is -2.90. The lowest BCUT2D eigenvalue weighted by Crippen LogP contribution is -2.35. The smallest absolute Gasteiger partial charge is 0.308 e. The van der Waals surface area contributed by atoms with Crippen LogP contribution in [0.2, 0.25) is 0 Å². The third-order valence-corrected chi connectivity index (χ3v) is 6.17. The van der Waals surface area contributed by atoms with Gasteiger partial charge in [0, 0.05) is 26.1 Å². The molecule has 1 aliphatic heterocycles. The number of rotatable bonds is 8. The Morgan fingerprint density at radius 2 is 1.94 bits per heavy atom. The minimum atomic E-state index is -0.593. The molecule has 7 nitrogen and oxygen atoms in total. The van der Waals surface area contributed by atoms with E-state index in [-0.39, 0.29) is 5.75 Å². The van der Waals surface area contributed by atoms with Crippen molar-refractivity contribution in [3.63, 3.8) is 0 Å². The molecule has 4 rings (SSSR count). The maximum Gasteiger partial charge on any atom is 0.308 e. The number of esters is 1. The number of aromatic nitrogens is 2. The summed E-state index contributed by atoms with van der Waals surface area (Å²) in [6, 6.07) is 4.31. The average Bonchev–Trinajstić information content (AvgIpc) is 3.55. The zero-order valence-electron chi connectivity index (χ0n) is 17.9. The maximum absolute atomic E-state index is 13.9. The van der Waals surface area contributed by atoms with Gasteiger partial charge in [-0.3, -0.25) is 4.79 Å². The molecule has 0 spiro atoms. The summed E-state index contributed by atoms with van der Waals surface area (Å²) in [4.78, 5) is 22.0. The van der Waals surface area contributed by atoms with Crippen LogP contribution < -0.4 is 19.1 Å². The largest absolute Gasteiger partial charge is 0.494 e. The molecule has 0 radical (unpaired) electrons. The second-order valence-electron chi connectivity index (χ2n) is 8.23. The lowest BCUT2D eigenvalue weighted by molar-refractivity contribution is -0.132. The van der Waals surface area contributed by atoms with Gasteiger partial charge in [0.25, 0.3) is 0 Å². The van der Waals surface area contributed by atoms with E-state index in [0.29, 0.717) is 24.0 Å². The Balaban J connectivity index is 1.17. The minimum Gasteiger partial charge on any atom is -0.494 e. The second kappa shape index (κ2) is 9.49. The summed E-state index contributed by atoms with van der Waals surface area (Å²) in [5, 5.41) is 0. The van der Waals surface area contributed by atoms with Crippen molar-refractivity contribution in [1.29, 1.82) is 0 Å². The van der Waals surface area contributed by atoms with Crippen LogP contribution in [0.4, 0.5) is 10.3 Å². The Kier molecular flexibility index (Phi) is 6.53. The normalized spacial score (nSPS) is 20.9. The van der Waals surface area contributed by atoms with Crippen molar-refractivity contribution in [3.05, 3.63) is 36.4 Å². The summed E-state index contributed by atoms with van der Waals surface area (Å²) in [7, 11) is 1.61. The second-order valence-corrected chi connectivity index (χ2v) is 8.23. The molecule has 2 fully saturated rings. The number of ether oxygens (including phenoxy) is 3. The number of carbonyl (C=O) groups excluding carboxylic acids is 1. The number of hydrogen-bond acceptors (Lipinski definition) is 7. The van der Waals surface area contributed by atoms with Gasteiger partial charge in [-0.05, 0) is 55.6 Å². The number of benzene rings is 1. The third-order valence-electron chi connectivity index (χ3n) is 6.17. The molecule has 31 heavy (non-hydrogen) atoms. The van der Waals surface area contributed by atoms with E-state index < -0.39 is 11.8 Å². The lowest BCUT2D eigenvalue weighted by Gasteiger charge is -2.32. The molecule has 1 aromatic carbocycles. The number of nitrogens with zero attached hydrogens (tertiary/aromatic N) is 3. The zero-order valence-corrected chi connectivity index (χ0v) is 17.9. The molecule has 1 saturated heterocycles. The summed E-state index contributed by atoms with van der Waals surface area (Å²) in [6.45, 7) is 3.76. The summed E-state index contributed by atoms with van der Waals surface area (Å²) < 4.78 is 29.6. The van der Waals surface area contributed by atoms with Crippen LogP contribution in [-0.4, -0.2) is 42.7 Å². The average molecular weight is 429 g/mol. The van der Waals surface area contributed by atoms with E-state index in [2.05, 4.69) is 14.9 Å². The van der Waals surface area contributed by atoms with Crippen LogP contribution in [0.3, 0.4) is 0 Å². The van der Waals surface area contributed by atoms with E-state index in [4.69, 9.17) is 14.2 Å². The predicted octanol–water partition coefficient (Wildman–Crippen LogP) is 3.87. The molecule has 8 heteroatoms. The zero-order chi connectivity index (χ0) is 21.8. The Bertz CT molecular complexity index is 900. The highest BCUT2D eigenvalue weighted by Crippen LogP contribution is 2.49. The van der Waals surface area contributed by atoms with Gasteiger partial charge in [0.05, 0.1) is 26.1 Å². The fourth-order valence-electron chi connectivity index (χ4n) is 4.42. The molecule has 0 amide bonds. The molecule has 2 aliphatic rings. The number of carbonyl (C=O) groups is 1. The van der Waals surface area contributed by atoms with Crippen molar-refractivity contribution in [2.24, 2.45) is 17.8 Å². The summed E-state index contributed by atoms with van der Waals surface area (Å²) >= 11 is 0. The van der Waals surface area contributed by atoms with Crippen LogP contribution in [-0.2, 0) is 4.79 Å². The first-order valence-corrected chi connectivity index (χ1v) is 10.7. The van der Waals surface area contributed by atoms with Crippen LogP contribution in [0.5, 0.6) is 17.2 Å². The maximum atomic E-state index is 13.9. The van der Waals surface area contributed by atoms with Crippen molar-refractivity contribution in [3.8, 4) is 17.2 Å². The molecule has 0 unspecified atom stereocenters. The molecule has 2 aromatic rings. The van der Waals surface area contributed by atoms with Gasteiger partial charge in [0.1, 0.15) is 5.75 Å².